The zero-order valence-corrected chi connectivity index (χ0v) is 8.79. The second-order valence-corrected chi connectivity index (χ2v) is 3.33. The van der Waals surface area contributed by atoms with Gasteiger partial charge < -0.3 is 0 Å². The number of nitrogens with one attached hydrogen (secondary N) is 1. The lowest BCUT2D eigenvalue weighted by atomic mass is 10.1. The van der Waals surface area contributed by atoms with Crippen molar-refractivity contribution < 1.29 is 4.79 Å². The standard InChI is InChI=1S/C12H14N2O/c1-2-10-3-5-11(6-4-10)7-8-12(15)14-9-13/h3-6H,2,7-8H2,1H3,(H,14,15). The Bertz CT molecular complexity index is 362. The summed E-state index contributed by atoms with van der Waals surface area (Å²) in [4.78, 5) is 11.0. The molecule has 3 nitrogen and oxygen atoms in total. The minimum absolute atomic E-state index is 0.225. The molecule has 0 heterocycles. The third-order valence-corrected chi connectivity index (χ3v) is 2.27. The lowest BCUT2D eigenvalue weighted by Crippen LogP contribution is -2.17. The zero-order valence-electron chi connectivity index (χ0n) is 8.79. The van der Waals surface area contributed by atoms with Gasteiger partial charge in [-0.2, -0.15) is 5.26 Å². The van der Waals surface area contributed by atoms with E-state index in [9.17, 15) is 4.79 Å². The molecule has 0 saturated carbocycles. The molecule has 1 amide bonds. The van der Waals surface area contributed by atoms with Crippen LogP contribution in [0.5, 0.6) is 0 Å². The predicted molar refractivity (Wildman–Crippen MR) is 57.9 cm³/mol. The molecular weight excluding hydrogens is 188 g/mol. The first-order valence-corrected chi connectivity index (χ1v) is 5.02. The summed E-state index contributed by atoms with van der Waals surface area (Å²) in [5, 5.41) is 10.3. The van der Waals surface area contributed by atoms with E-state index in [0.717, 1.165) is 12.0 Å². The smallest absolute Gasteiger partial charge is 0.233 e. The number of benzene rings is 1. The summed E-state index contributed by atoms with van der Waals surface area (Å²) in [6.07, 6.45) is 3.68. The van der Waals surface area contributed by atoms with Gasteiger partial charge in [-0.1, -0.05) is 31.2 Å². The Morgan fingerprint density at radius 3 is 2.47 bits per heavy atom. The molecule has 0 atom stereocenters. The number of rotatable bonds is 4. The number of aryl methyl sites for hydroxylation is 2. The molecule has 0 fully saturated rings. The van der Waals surface area contributed by atoms with Crippen LogP contribution in [0.2, 0.25) is 0 Å². The van der Waals surface area contributed by atoms with E-state index in [1.807, 2.05) is 12.1 Å². The van der Waals surface area contributed by atoms with E-state index in [-0.39, 0.29) is 5.91 Å². The number of carbonyl (C=O) groups is 1. The van der Waals surface area contributed by atoms with E-state index in [4.69, 9.17) is 5.26 Å². The third-order valence-electron chi connectivity index (χ3n) is 2.27. The average Bonchev–Trinajstić information content (AvgIpc) is 2.27. The number of nitrogens with zero attached hydrogens (tertiary/aromatic N) is 1. The third kappa shape index (κ3) is 3.82. The van der Waals surface area contributed by atoms with E-state index in [2.05, 4.69) is 24.4 Å². The molecule has 0 aromatic heterocycles. The monoisotopic (exact) mass is 202 g/mol. The Morgan fingerprint density at radius 2 is 1.93 bits per heavy atom. The summed E-state index contributed by atoms with van der Waals surface area (Å²) >= 11 is 0. The van der Waals surface area contributed by atoms with Crippen LogP contribution in [-0.2, 0) is 17.6 Å². The molecule has 0 spiro atoms. The van der Waals surface area contributed by atoms with Crippen LogP contribution in [-0.4, -0.2) is 5.91 Å². The number of hydrogen-bond acceptors (Lipinski definition) is 2. The van der Waals surface area contributed by atoms with Crippen LogP contribution in [0.25, 0.3) is 0 Å². The van der Waals surface area contributed by atoms with Crippen molar-refractivity contribution in [3.05, 3.63) is 35.4 Å². The van der Waals surface area contributed by atoms with Crippen molar-refractivity contribution in [2.45, 2.75) is 26.2 Å². The van der Waals surface area contributed by atoms with Gasteiger partial charge in [0.1, 0.15) is 0 Å². The number of carbonyl (C=O) groups excluding carboxylic acids is 1. The van der Waals surface area contributed by atoms with Gasteiger partial charge in [0.05, 0.1) is 0 Å². The van der Waals surface area contributed by atoms with Gasteiger partial charge in [0.2, 0.25) is 5.91 Å². The number of nitriles is 1. The Kier molecular flexibility index (Phi) is 4.36. The maximum Gasteiger partial charge on any atom is 0.233 e. The van der Waals surface area contributed by atoms with Crippen molar-refractivity contribution in [2.75, 3.05) is 0 Å². The molecule has 0 aliphatic heterocycles. The van der Waals surface area contributed by atoms with Crippen molar-refractivity contribution in [3.8, 4) is 6.19 Å². The second kappa shape index (κ2) is 5.82. The van der Waals surface area contributed by atoms with Gasteiger partial charge in [0.15, 0.2) is 6.19 Å². The molecule has 0 radical (unpaired) electrons. The summed E-state index contributed by atoms with van der Waals surface area (Å²) < 4.78 is 0. The van der Waals surface area contributed by atoms with E-state index in [1.54, 1.807) is 6.19 Å². The van der Waals surface area contributed by atoms with Crippen LogP contribution in [0.1, 0.15) is 24.5 Å². The first kappa shape index (κ1) is 11.3. The molecule has 3 heteroatoms. The van der Waals surface area contributed by atoms with E-state index in [1.165, 1.54) is 5.56 Å². The van der Waals surface area contributed by atoms with Crippen LogP contribution in [0.3, 0.4) is 0 Å². The summed E-state index contributed by atoms with van der Waals surface area (Å²) in [6.45, 7) is 2.11. The maximum absolute atomic E-state index is 11.0. The fourth-order valence-corrected chi connectivity index (χ4v) is 1.32. The van der Waals surface area contributed by atoms with E-state index < -0.39 is 0 Å². The van der Waals surface area contributed by atoms with Crippen molar-refractivity contribution in [3.63, 3.8) is 0 Å². The van der Waals surface area contributed by atoms with Gasteiger partial charge in [-0.3, -0.25) is 10.1 Å². The predicted octanol–water partition coefficient (Wildman–Crippen LogP) is 1.78. The van der Waals surface area contributed by atoms with Crippen LogP contribution in [0, 0.1) is 11.5 Å². The molecule has 1 N–H and O–H groups in total. The van der Waals surface area contributed by atoms with E-state index in [0.29, 0.717) is 12.8 Å². The SMILES string of the molecule is CCc1ccc(CCC(=O)NC#N)cc1. The molecular formula is C12H14N2O. The zero-order chi connectivity index (χ0) is 11.1. The largest absolute Gasteiger partial charge is 0.274 e. The highest BCUT2D eigenvalue weighted by Gasteiger charge is 2.00. The first-order chi connectivity index (χ1) is 7.26. The lowest BCUT2D eigenvalue weighted by molar-refractivity contribution is -0.119. The molecule has 1 rings (SSSR count). The molecule has 0 aliphatic rings. The summed E-state index contributed by atoms with van der Waals surface area (Å²) in [5.41, 5.74) is 2.42. The van der Waals surface area contributed by atoms with Crippen molar-refractivity contribution in [1.29, 1.82) is 5.26 Å². The quantitative estimate of drug-likeness (QED) is 0.597. The minimum atomic E-state index is -0.225. The van der Waals surface area contributed by atoms with Crippen LogP contribution in [0.15, 0.2) is 24.3 Å². The molecule has 78 valence electrons. The molecule has 15 heavy (non-hydrogen) atoms. The Balaban J connectivity index is 2.45. The highest BCUT2D eigenvalue weighted by molar-refractivity contribution is 5.77. The minimum Gasteiger partial charge on any atom is -0.274 e. The second-order valence-electron chi connectivity index (χ2n) is 3.33. The molecule has 0 aliphatic carbocycles. The fourth-order valence-electron chi connectivity index (χ4n) is 1.32. The lowest BCUT2D eigenvalue weighted by Gasteiger charge is -2.01. The Hall–Kier alpha value is -1.82. The van der Waals surface area contributed by atoms with Gasteiger partial charge in [-0.05, 0) is 24.0 Å². The van der Waals surface area contributed by atoms with Gasteiger partial charge in [0.25, 0.3) is 0 Å². The number of hydrogen-bond donors (Lipinski definition) is 1. The molecule has 1 aromatic rings. The topological polar surface area (TPSA) is 52.9 Å². The van der Waals surface area contributed by atoms with Crippen LogP contribution < -0.4 is 5.32 Å². The van der Waals surface area contributed by atoms with Gasteiger partial charge >= 0.3 is 0 Å². The first-order valence-electron chi connectivity index (χ1n) is 5.02. The van der Waals surface area contributed by atoms with Gasteiger partial charge in [-0.25, -0.2) is 0 Å². The summed E-state index contributed by atoms with van der Waals surface area (Å²) in [6, 6.07) is 8.19. The highest BCUT2D eigenvalue weighted by atomic mass is 16.1. The van der Waals surface area contributed by atoms with Crippen LogP contribution >= 0.6 is 0 Å². The Labute approximate surface area is 89.7 Å². The molecule has 0 bridgehead atoms. The highest BCUT2D eigenvalue weighted by Crippen LogP contribution is 2.07. The van der Waals surface area contributed by atoms with Gasteiger partial charge in [-0.15, -0.1) is 0 Å². The van der Waals surface area contributed by atoms with Crippen molar-refractivity contribution >= 4 is 5.91 Å². The van der Waals surface area contributed by atoms with Crippen molar-refractivity contribution in [2.24, 2.45) is 0 Å². The molecule has 0 unspecified atom stereocenters. The molecule has 1 aromatic carbocycles. The molecule has 0 saturated heterocycles. The Morgan fingerprint density at radius 1 is 1.33 bits per heavy atom. The van der Waals surface area contributed by atoms with Crippen molar-refractivity contribution in [1.82, 2.24) is 5.32 Å². The average molecular weight is 202 g/mol. The fraction of sp³-hybridized carbons (Fsp3) is 0.333. The van der Waals surface area contributed by atoms with Crippen LogP contribution in [0.4, 0.5) is 0 Å². The van der Waals surface area contributed by atoms with Gasteiger partial charge in [0, 0.05) is 6.42 Å². The normalized spacial score (nSPS) is 9.33. The summed E-state index contributed by atoms with van der Waals surface area (Å²) in [7, 11) is 0. The maximum atomic E-state index is 11.0. The summed E-state index contributed by atoms with van der Waals surface area (Å²) in [5.74, 6) is -0.225. The number of amides is 1. The van der Waals surface area contributed by atoms with E-state index >= 15 is 0 Å².